The van der Waals surface area contributed by atoms with E-state index in [4.69, 9.17) is 15.2 Å². The van der Waals surface area contributed by atoms with Crippen molar-refractivity contribution in [3.05, 3.63) is 23.3 Å². The number of benzene rings is 1. The number of carbonyl (C=O) groups is 1. The van der Waals surface area contributed by atoms with Gasteiger partial charge >= 0.3 is 0 Å². The van der Waals surface area contributed by atoms with Gasteiger partial charge in [0.25, 0.3) is 0 Å². The summed E-state index contributed by atoms with van der Waals surface area (Å²) in [5, 5.41) is 0. The van der Waals surface area contributed by atoms with Gasteiger partial charge in [-0.25, -0.2) is 0 Å². The highest BCUT2D eigenvalue weighted by Crippen LogP contribution is 2.38. The van der Waals surface area contributed by atoms with Crippen LogP contribution in [0.3, 0.4) is 0 Å². The minimum absolute atomic E-state index is 0.280. The third-order valence-corrected chi connectivity index (χ3v) is 5.25. The van der Waals surface area contributed by atoms with Crippen molar-refractivity contribution >= 4 is 5.91 Å². The lowest BCUT2D eigenvalue weighted by Gasteiger charge is -2.36. The van der Waals surface area contributed by atoms with Crippen LogP contribution in [0.4, 0.5) is 0 Å². The normalized spacial score (nSPS) is 16.1. The minimum Gasteiger partial charge on any atom is -0.493 e. The number of carbonyl (C=O) groups excluding carboxylic acids is 1. The zero-order chi connectivity index (χ0) is 18.9. The first-order valence-corrected chi connectivity index (χ1v) is 9.88. The number of hydrogen-bond donors (Lipinski definition) is 1. The number of unbranched alkanes of at least 4 members (excludes halogenated alkanes) is 2. The Hall–Kier alpha value is -1.75. The molecule has 5 heteroatoms. The second kappa shape index (κ2) is 10.4. The van der Waals surface area contributed by atoms with Gasteiger partial charge in [-0.1, -0.05) is 19.4 Å². The number of nitrogens with two attached hydrogens (primary N) is 1. The Bertz CT molecular complexity index is 589. The predicted octanol–water partition coefficient (Wildman–Crippen LogP) is 3.32. The maximum absolute atomic E-state index is 12.8. The van der Waals surface area contributed by atoms with Crippen molar-refractivity contribution in [3.8, 4) is 11.5 Å². The van der Waals surface area contributed by atoms with Gasteiger partial charge in [0.1, 0.15) is 0 Å². The van der Waals surface area contributed by atoms with E-state index in [0.29, 0.717) is 13.0 Å². The van der Waals surface area contributed by atoms with Crippen LogP contribution in [0.2, 0.25) is 0 Å². The predicted molar refractivity (Wildman–Crippen MR) is 105 cm³/mol. The van der Waals surface area contributed by atoms with Crippen LogP contribution in [0, 0.1) is 0 Å². The van der Waals surface area contributed by atoms with E-state index in [2.05, 4.69) is 17.9 Å². The molecular formula is C21H34N2O3. The molecular weight excluding hydrogens is 328 g/mol. The fourth-order valence-electron chi connectivity index (χ4n) is 3.92. The van der Waals surface area contributed by atoms with E-state index >= 15 is 0 Å². The van der Waals surface area contributed by atoms with Crippen LogP contribution >= 0.6 is 0 Å². The molecule has 146 valence electrons. The maximum Gasteiger partial charge on any atom is 0.222 e. The van der Waals surface area contributed by atoms with Crippen LogP contribution in [0.5, 0.6) is 11.5 Å². The molecule has 1 aliphatic carbocycles. The summed E-state index contributed by atoms with van der Waals surface area (Å²) in [5.74, 6) is 1.92. The fourth-order valence-corrected chi connectivity index (χ4v) is 3.92. The van der Waals surface area contributed by atoms with Crippen molar-refractivity contribution in [3.63, 3.8) is 0 Å². The molecule has 0 saturated carbocycles. The van der Waals surface area contributed by atoms with Crippen LogP contribution in [-0.2, 0) is 17.6 Å². The van der Waals surface area contributed by atoms with E-state index in [1.54, 1.807) is 14.2 Å². The van der Waals surface area contributed by atoms with Crippen molar-refractivity contribution in [2.24, 2.45) is 5.73 Å². The monoisotopic (exact) mass is 362 g/mol. The molecule has 5 nitrogen and oxygen atoms in total. The lowest BCUT2D eigenvalue weighted by atomic mass is 9.86. The van der Waals surface area contributed by atoms with Crippen molar-refractivity contribution in [2.75, 3.05) is 27.3 Å². The number of nitrogens with zero attached hydrogens (tertiary/aromatic N) is 1. The summed E-state index contributed by atoms with van der Waals surface area (Å²) in [6.07, 6.45) is 7.38. The maximum atomic E-state index is 12.8. The molecule has 0 heterocycles. The molecule has 1 aliphatic rings. The average molecular weight is 363 g/mol. The molecule has 0 bridgehead atoms. The van der Waals surface area contributed by atoms with Gasteiger partial charge in [-0.2, -0.15) is 0 Å². The van der Waals surface area contributed by atoms with Crippen LogP contribution in [0.25, 0.3) is 0 Å². The van der Waals surface area contributed by atoms with Crippen molar-refractivity contribution in [2.45, 2.75) is 64.3 Å². The van der Waals surface area contributed by atoms with Gasteiger partial charge in [0.2, 0.25) is 5.91 Å². The topological polar surface area (TPSA) is 64.8 Å². The number of methoxy groups -OCH3 is 2. The molecule has 26 heavy (non-hydrogen) atoms. The van der Waals surface area contributed by atoms with Crippen molar-refractivity contribution < 1.29 is 14.3 Å². The van der Waals surface area contributed by atoms with Gasteiger partial charge < -0.3 is 20.1 Å². The molecule has 0 fully saturated rings. The lowest BCUT2D eigenvalue weighted by molar-refractivity contribution is -0.134. The van der Waals surface area contributed by atoms with E-state index in [1.807, 2.05) is 6.07 Å². The zero-order valence-corrected chi connectivity index (χ0v) is 16.6. The van der Waals surface area contributed by atoms with Crippen LogP contribution in [0.1, 0.15) is 56.6 Å². The fraction of sp³-hybridized carbons (Fsp3) is 0.667. The van der Waals surface area contributed by atoms with Gasteiger partial charge in [-0.15, -0.1) is 0 Å². The highest BCUT2D eigenvalue weighted by molar-refractivity contribution is 5.76. The van der Waals surface area contributed by atoms with Gasteiger partial charge in [-0.05, 0) is 56.7 Å². The van der Waals surface area contributed by atoms with Crippen LogP contribution in [-0.4, -0.2) is 44.2 Å². The average Bonchev–Trinajstić information content (AvgIpc) is 2.67. The van der Waals surface area contributed by atoms with E-state index in [1.165, 1.54) is 11.1 Å². The first-order chi connectivity index (χ1) is 12.7. The van der Waals surface area contributed by atoms with Gasteiger partial charge in [0.15, 0.2) is 11.5 Å². The van der Waals surface area contributed by atoms with Crippen LogP contribution < -0.4 is 15.2 Å². The SMILES string of the molecule is CCCN(C(=O)CCCCCN)C1CCc2c(ccc(OC)c2OC)C1. The number of ether oxygens (including phenoxy) is 2. The van der Waals surface area contributed by atoms with E-state index in [9.17, 15) is 4.79 Å². The summed E-state index contributed by atoms with van der Waals surface area (Å²) in [5.41, 5.74) is 8.05. The molecule has 1 amide bonds. The molecule has 1 atom stereocenters. The Morgan fingerprint density at radius 1 is 1.23 bits per heavy atom. The zero-order valence-electron chi connectivity index (χ0n) is 16.6. The Morgan fingerprint density at radius 3 is 2.69 bits per heavy atom. The Kier molecular flexibility index (Phi) is 8.23. The van der Waals surface area contributed by atoms with Crippen LogP contribution in [0.15, 0.2) is 12.1 Å². The van der Waals surface area contributed by atoms with E-state index < -0.39 is 0 Å². The second-order valence-electron chi connectivity index (χ2n) is 7.02. The van der Waals surface area contributed by atoms with E-state index in [-0.39, 0.29) is 11.9 Å². The Labute approximate surface area is 157 Å². The van der Waals surface area contributed by atoms with Crippen molar-refractivity contribution in [1.29, 1.82) is 0 Å². The summed E-state index contributed by atoms with van der Waals surface area (Å²) in [6.45, 7) is 3.68. The summed E-state index contributed by atoms with van der Waals surface area (Å²) in [4.78, 5) is 14.9. The Balaban J connectivity index is 2.09. The van der Waals surface area contributed by atoms with Gasteiger partial charge in [0.05, 0.1) is 14.2 Å². The van der Waals surface area contributed by atoms with Crippen molar-refractivity contribution in [1.82, 2.24) is 4.90 Å². The first-order valence-electron chi connectivity index (χ1n) is 9.88. The number of hydrogen-bond acceptors (Lipinski definition) is 4. The molecule has 1 aromatic carbocycles. The largest absolute Gasteiger partial charge is 0.493 e. The molecule has 0 aromatic heterocycles. The third-order valence-electron chi connectivity index (χ3n) is 5.25. The molecule has 1 aromatic rings. The smallest absolute Gasteiger partial charge is 0.222 e. The van der Waals surface area contributed by atoms with E-state index in [0.717, 1.165) is 63.0 Å². The summed E-state index contributed by atoms with van der Waals surface area (Å²) in [6, 6.07) is 4.37. The molecule has 0 saturated heterocycles. The second-order valence-corrected chi connectivity index (χ2v) is 7.02. The summed E-state index contributed by atoms with van der Waals surface area (Å²) >= 11 is 0. The third kappa shape index (κ3) is 4.91. The Morgan fingerprint density at radius 2 is 2.04 bits per heavy atom. The highest BCUT2D eigenvalue weighted by Gasteiger charge is 2.29. The molecule has 0 spiro atoms. The van der Waals surface area contributed by atoms with Gasteiger partial charge in [0, 0.05) is 24.6 Å². The number of fused-ring (bicyclic) bond motifs is 1. The quantitative estimate of drug-likeness (QED) is 0.649. The van der Waals surface area contributed by atoms with Gasteiger partial charge in [-0.3, -0.25) is 4.79 Å². The molecule has 2 N–H and O–H groups in total. The number of amides is 1. The molecule has 0 aliphatic heterocycles. The molecule has 1 unspecified atom stereocenters. The minimum atomic E-state index is 0.280. The summed E-state index contributed by atoms with van der Waals surface area (Å²) < 4.78 is 11.0. The first kappa shape index (κ1) is 20.6. The lowest BCUT2D eigenvalue weighted by Crippen LogP contribution is -2.43. The molecule has 2 rings (SSSR count). The standard InChI is InChI=1S/C21H34N2O3/c1-4-14-23(20(24)8-6-5-7-13-22)17-10-11-18-16(15-17)9-12-19(25-2)21(18)26-3/h9,12,17H,4-8,10-11,13-15,22H2,1-3H3. The summed E-state index contributed by atoms with van der Waals surface area (Å²) in [7, 11) is 3.36. The number of rotatable bonds is 10. The highest BCUT2D eigenvalue weighted by atomic mass is 16.5. The molecule has 0 radical (unpaired) electrons.